The molecule has 0 aromatic heterocycles. The molecule has 6 nitrogen and oxygen atoms in total. The summed E-state index contributed by atoms with van der Waals surface area (Å²) >= 11 is 11.6. The minimum absolute atomic E-state index is 0.0278. The molecule has 0 bridgehead atoms. The van der Waals surface area contributed by atoms with E-state index in [4.69, 9.17) is 27.9 Å². The second-order valence-corrected chi connectivity index (χ2v) is 7.39. The molecular formula is C12H13Cl2NO5S. The van der Waals surface area contributed by atoms with Gasteiger partial charge < -0.3 is 9.84 Å². The molecule has 1 aliphatic heterocycles. The Morgan fingerprint density at radius 1 is 1.33 bits per heavy atom. The zero-order chi connectivity index (χ0) is 15.8. The molecule has 116 valence electrons. The van der Waals surface area contributed by atoms with Gasteiger partial charge in [-0.3, -0.25) is 4.79 Å². The molecule has 1 aliphatic rings. The highest BCUT2D eigenvalue weighted by molar-refractivity contribution is 7.89. The lowest BCUT2D eigenvalue weighted by Gasteiger charge is -2.21. The van der Waals surface area contributed by atoms with Crippen LogP contribution in [0.25, 0.3) is 0 Å². The van der Waals surface area contributed by atoms with Crippen LogP contribution in [0.15, 0.2) is 23.1 Å². The Bertz CT molecular complexity index is 643. The maximum atomic E-state index is 12.6. The van der Waals surface area contributed by atoms with Crippen molar-refractivity contribution < 1.29 is 23.1 Å². The van der Waals surface area contributed by atoms with E-state index in [1.165, 1.54) is 25.3 Å². The number of halogens is 2. The maximum Gasteiger partial charge on any atom is 0.322 e. The van der Waals surface area contributed by atoms with Crippen molar-refractivity contribution in [1.29, 1.82) is 0 Å². The van der Waals surface area contributed by atoms with Crippen molar-refractivity contribution >= 4 is 39.2 Å². The van der Waals surface area contributed by atoms with Gasteiger partial charge in [0.1, 0.15) is 6.04 Å². The van der Waals surface area contributed by atoms with Crippen LogP contribution in [0, 0.1) is 0 Å². The lowest BCUT2D eigenvalue weighted by molar-refractivity contribution is -0.140. The van der Waals surface area contributed by atoms with E-state index >= 15 is 0 Å². The summed E-state index contributed by atoms with van der Waals surface area (Å²) in [4.78, 5) is 11.1. The van der Waals surface area contributed by atoms with Gasteiger partial charge in [-0.25, -0.2) is 8.42 Å². The molecule has 9 heteroatoms. The van der Waals surface area contributed by atoms with Crippen LogP contribution in [0.5, 0.6) is 0 Å². The van der Waals surface area contributed by atoms with E-state index in [1.54, 1.807) is 0 Å². The molecule has 1 aromatic rings. The minimum atomic E-state index is -4.02. The minimum Gasteiger partial charge on any atom is -0.480 e. The highest BCUT2D eigenvalue weighted by Gasteiger charge is 2.44. The highest BCUT2D eigenvalue weighted by Crippen LogP contribution is 2.30. The number of nitrogens with zero attached hydrogens (tertiary/aromatic N) is 1. The van der Waals surface area contributed by atoms with Gasteiger partial charge in [0.05, 0.1) is 11.0 Å². The van der Waals surface area contributed by atoms with Crippen molar-refractivity contribution in [3.05, 3.63) is 28.2 Å². The van der Waals surface area contributed by atoms with Gasteiger partial charge in [0.25, 0.3) is 0 Å². The molecule has 2 unspecified atom stereocenters. The van der Waals surface area contributed by atoms with Crippen LogP contribution >= 0.6 is 23.2 Å². The molecule has 1 heterocycles. The Kier molecular flexibility index (Phi) is 4.79. The number of methoxy groups -OCH3 is 1. The first kappa shape index (κ1) is 16.5. The number of rotatable bonds is 4. The number of carboxylic acid groups (broad SMARTS) is 1. The number of carboxylic acids is 1. The standard InChI is InChI=1S/C12H13Cl2NO5S/c1-20-9-5-11(12(16)17)15(6-9)21(18,19)10-3-7(13)2-8(14)4-10/h2-4,9,11H,5-6H2,1H3,(H,16,17). The van der Waals surface area contributed by atoms with E-state index in [9.17, 15) is 18.3 Å². The van der Waals surface area contributed by atoms with Crippen LogP contribution in [0.4, 0.5) is 0 Å². The quantitative estimate of drug-likeness (QED) is 0.892. The number of ether oxygens (including phenoxy) is 1. The predicted octanol–water partition coefficient (Wildman–Crippen LogP) is 1.86. The topological polar surface area (TPSA) is 83.9 Å². The Labute approximate surface area is 132 Å². The first-order valence-electron chi connectivity index (χ1n) is 5.99. The molecule has 2 atom stereocenters. The van der Waals surface area contributed by atoms with E-state index in [0.29, 0.717) is 0 Å². The summed E-state index contributed by atoms with van der Waals surface area (Å²) in [5.74, 6) is -1.22. The Morgan fingerprint density at radius 3 is 2.38 bits per heavy atom. The lowest BCUT2D eigenvalue weighted by atomic mass is 10.2. The van der Waals surface area contributed by atoms with Crippen LogP contribution in [0.2, 0.25) is 10.0 Å². The second-order valence-electron chi connectivity index (χ2n) is 4.63. The van der Waals surface area contributed by atoms with Crippen LogP contribution in [-0.2, 0) is 19.6 Å². The number of carbonyl (C=O) groups is 1. The van der Waals surface area contributed by atoms with Crippen LogP contribution < -0.4 is 0 Å². The van der Waals surface area contributed by atoms with Crippen LogP contribution in [0.3, 0.4) is 0 Å². The van der Waals surface area contributed by atoms with Gasteiger partial charge >= 0.3 is 5.97 Å². The lowest BCUT2D eigenvalue weighted by Crippen LogP contribution is -2.40. The van der Waals surface area contributed by atoms with Crippen molar-refractivity contribution in [2.75, 3.05) is 13.7 Å². The third-order valence-corrected chi connectivity index (χ3v) is 5.57. The molecule has 1 fully saturated rings. The van der Waals surface area contributed by atoms with Crippen LogP contribution in [0.1, 0.15) is 6.42 Å². The maximum absolute atomic E-state index is 12.6. The molecule has 0 spiro atoms. The third-order valence-electron chi connectivity index (χ3n) is 3.28. The molecule has 21 heavy (non-hydrogen) atoms. The summed E-state index contributed by atoms with van der Waals surface area (Å²) in [7, 11) is -2.60. The van der Waals surface area contributed by atoms with Crippen molar-refractivity contribution in [3.63, 3.8) is 0 Å². The van der Waals surface area contributed by atoms with Crippen molar-refractivity contribution in [1.82, 2.24) is 4.31 Å². The summed E-state index contributed by atoms with van der Waals surface area (Å²) < 4.78 is 31.2. The van der Waals surface area contributed by atoms with Crippen LogP contribution in [-0.4, -0.2) is 49.6 Å². The second kappa shape index (κ2) is 6.10. The first-order valence-corrected chi connectivity index (χ1v) is 8.19. The third kappa shape index (κ3) is 3.32. The average Bonchev–Trinajstić information content (AvgIpc) is 2.82. The predicted molar refractivity (Wildman–Crippen MR) is 77.2 cm³/mol. The normalized spacial score (nSPS) is 23.4. The van der Waals surface area contributed by atoms with E-state index in [0.717, 1.165) is 4.31 Å². The van der Waals surface area contributed by atoms with Gasteiger partial charge in [0.2, 0.25) is 10.0 Å². The number of sulfonamides is 1. The van der Waals surface area contributed by atoms with Gasteiger partial charge in [-0.15, -0.1) is 0 Å². The summed E-state index contributed by atoms with van der Waals surface area (Å²) in [6.07, 6.45) is -0.366. The molecule has 0 amide bonds. The van der Waals surface area contributed by atoms with Gasteiger partial charge in [0, 0.05) is 30.1 Å². The van der Waals surface area contributed by atoms with E-state index in [2.05, 4.69) is 0 Å². The van der Waals surface area contributed by atoms with Gasteiger partial charge in [-0.2, -0.15) is 4.31 Å². The van der Waals surface area contributed by atoms with E-state index in [1.807, 2.05) is 0 Å². The van der Waals surface area contributed by atoms with E-state index < -0.39 is 28.1 Å². The van der Waals surface area contributed by atoms with Gasteiger partial charge in [-0.05, 0) is 18.2 Å². The number of benzene rings is 1. The smallest absolute Gasteiger partial charge is 0.322 e. The van der Waals surface area contributed by atoms with Crippen molar-refractivity contribution in [3.8, 4) is 0 Å². The Balaban J connectivity index is 2.44. The van der Waals surface area contributed by atoms with Crippen molar-refractivity contribution in [2.24, 2.45) is 0 Å². The molecule has 1 saturated heterocycles. The fourth-order valence-electron chi connectivity index (χ4n) is 2.24. The largest absolute Gasteiger partial charge is 0.480 e. The molecule has 0 radical (unpaired) electrons. The summed E-state index contributed by atoms with van der Waals surface area (Å²) in [6, 6.07) is 2.71. The summed E-state index contributed by atoms with van der Waals surface area (Å²) in [5.41, 5.74) is 0. The van der Waals surface area contributed by atoms with Gasteiger partial charge in [0.15, 0.2) is 0 Å². The zero-order valence-electron chi connectivity index (χ0n) is 11.0. The van der Waals surface area contributed by atoms with E-state index in [-0.39, 0.29) is 27.9 Å². The number of hydrogen-bond acceptors (Lipinski definition) is 4. The molecular weight excluding hydrogens is 341 g/mol. The fourth-order valence-corrected chi connectivity index (χ4v) is 4.59. The monoisotopic (exact) mass is 353 g/mol. The van der Waals surface area contributed by atoms with Gasteiger partial charge in [-0.1, -0.05) is 23.2 Å². The summed E-state index contributed by atoms with van der Waals surface area (Å²) in [5, 5.41) is 9.53. The number of hydrogen-bond donors (Lipinski definition) is 1. The number of aliphatic carboxylic acids is 1. The fraction of sp³-hybridized carbons (Fsp3) is 0.417. The molecule has 0 aliphatic carbocycles. The Hall–Kier alpha value is -0.860. The average molecular weight is 354 g/mol. The molecule has 2 rings (SSSR count). The zero-order valence-corrected chi connectivity index (χ0v) is 13.3. The molecule has 0 saturated carbocycles. The molecule has 1 aromatic carbocycles. The first-order chi connectivity index (χ1) is 9.75. The van der Waals surface area contributed by atoms with Crippen molar-refractivity contribution in [2.45, 2.75) is 23.5 Å². The Morgan fingerprint density at radius 2 is 1.90 bits per heavy atom. The summed E-state index contributed by atoms with van der Waals surface area (Å²) in [6.45, 7) is -0.0278. The SMILES string of the molecule is COC1CC(C(=O)O)N(S(=O)(=O)c2cc(Cl)cc(Cl)c2)C1. The highest BCUT2D eigenvalue weighted by atomic mass is 35.5. The molecule has 1 N–H and O–H groups in total.